The molecule has 1 atom stereocenters. The standard InChI is InChI=1S/C25H28N6O/c1-17-11-12-18(2)22-20(17)15-21(25(32)26-22)23(30-13-7-4-8-14-30)24-27-28-29-31(24)16-19-9-5-3-6-10-19/h3,5-6,9-12,15,23H,4,7-8,13-14,16H2,1-2H3,(H,26,32)/t23-/m0/s1. The molecule has 0 aliphatic carbocycles. The number of likely N-dealkylation sites (tertiary alicyclic amines) is 1. The van der Waals surface area contributed by atoms with Crippen LogP contribution in [0.25, 0.3) is 10.9 Å². The van der Waals surface area contributed by atoms with E-state index in [1.165, 1.54) is 6.42 Å². The summed E-state index contributed by atoms with van der Waals surface area (Å²) >= 11 is 0. The lowest BCUT2D eigenvalue weighted by atomic mass is 9.98. The first-order valence-corrected chi connectivity index (χ1v) is 11.3. The van der Waals surface area contributed by atoms with Gasteiger partial charge in [-0.05, 0) is 73.0 Å². The lowest BCUT2D eigenvalue weighted by Crippen LogP contribution is -2.38. The van der Waals surface area contributed by atoms with Gasteiger partial charge >= 0.3 is 0 Å². The fourth-order valence-electron chi connectivity index (χ4n) is 4.75. The molecule has 0 bridgehead atoms. The van der Waals surface area contributed by atoms with E-state index in [-0.39, 0.29) is 11.6 Å². The lowest BCUT2D eigenvalue weighted by Gasteiger charge is -2.33. The fourth-order valence-corrected chi connectivity index (χ4v) is 4.75. The van der Waals surface area contributed by atoms with E-state index in [0.29, 0.717) is 17.9 Å². The van der Waals surface area contributed by atoms with Crippen molar-refractivity contribution in [1.82, 2.24) is 30.1 Å². The SMILES string of the molecule is Cc1ccc(C)c2[nH]c(=O)c([C@@H](c3nnnn3Cc3ccccc3)N3CCCCC3)cc12. The van der Waals surface area contributed by atoms with Crippen LogP contribution in [0.15, 0.2) is 53.3 Å². The van der Waals surface area contributed by atoms with Crippen molar-refractivity contribution in [2.45, 2.75) is 45.7 Å². The van der Waals surface area contributed by atoms with Crippen LogP contribution in [0.4, 0.5) is 0 Å². The van der Waals surface area contributed by atoms with Gasteiger partial charge in [-0.3, -0.25) is 9.69 Å². The van der Waals surface area contributed by atoms with E-state index < -0.39 is 0 Å². The Morgan fingerprint density at radius 1 is 1.00 bits per heavy atom. The number of rotatable bonds is 5. The van der Waals surface area contributed by atoms with Gasteiger partial charge < -0.3 is 4.98 Å². The molecule has 0 spiro atoms. The Hall–Kier alpha value is -3.32. The molecule has 3 heterocycles. The second-order valence-corrected chi connectivity index (χ2v) is 8.72. The van der Waals surface area contributed by atoms with Crippen LogP contribution in [0, 0.1) is 13.8 Å². The molecular weight excluding hydrogens is 400 g/mol. The third kappa shape index (κ3) is 3.84. The van der Waals surface area contributed by atoms with E-state index in [2.05, 4.69) is 62.7 Å². The molecule has 164 valence electrons. The number of nitrogens with zero attached hydrogens (tertiary/aromatic N) is 5. The zero-order valence-corrected chi connectivity index (χ0v) is 18.6. The van der Waals surface area contributed by atoms with Crippen LogP contribution in [-0.2, 0) is 6.54 Å². The Morgan fingerprint density at radius 3 is 2.53 bits per heavy atom. The number of tetrazole rings is 1. The third-order valence-electron chi connectivity index (χ3n) is 6.50. The maximum Gasteiger partial charge on any atom is 0.253 e. The number of benzene rings is 2. The van der Waals surface area contributed by atoms with Gasteiger partial charge in [-0.15, -0.1) is 5.10 Å². The van der Waals surface area contributed by atoms with Gasteiger partial charge in [-0.25, -0.2) is 4.68 Å². The van der Waals surface area contributed by atoms with E-state index >= 15 is 0 Å². The molecule has 1 N–H and O–H groups in total. The molecule has 0 unspecified atom stereocenters. The van der Waals surface area contributed by atoms with Crippen molar-refractivity contribution in [3.63, 3.8) is 0 Å². The molecule has 1 aliphatic rings. The van der Waals surface area contributed by atoms with Crippen LogP contribution in [0.3, 0.4) is 0 Å². The molecule has 2 aromatic carbocycles. The summed E-state index contributed by atoms with van der Waals surface area (Å²) in [5.74, 6) is 0.714. The highest BCUT2D eigenvalue weighted by atomic mass is 16.1. The van der Waals surface area contributed by atoms with Gasteiger partial charge in [0, 0.05) is 10.9 Å². The second kappa shape index (κ2) is 8.67. The van der Waals surface area contributed by atoms with E-state index in [0.717, 1.165) is 53.5 Å². The van der Waals surface area contributed by atoms with Crippen molar-refractivity contribution < 1.29 is 0 Å². The van der Waals surface area contributed by atoms with Crippen molar-refractivity contribution in [3.8, 4) is 0 Å². The van der Waals surface area contributed by atoms with Crippen LogP contribution in [0.5, 0.6) is 0 Å². The monoisotopic (exact) mass is 428 g/mol. The number of aryl methyl sites for hydroxylation is 2. The molecule has 0 saturated carbocycles. The van der Waals surface area contributed by atoms with Gasteiger partial charge in [0.1, 0.15) is 6.04 Å². The summed E-state index contributed by atoms with van der Waals surface area (Å²) in [6.45, 7) is 6.52. The van der Waals surface area contributed by atoms with E-state index in [4.69, 9.17) is 0 Å². The Morgan fingerprint density at radius 2 is 1.75 bits per heavy atom. The van der Waals surface area contributed by atoms with Crippen molar-refractivity contribution in [1.29, 1.82) is 0 Å². The molecule has 2 aromatic heterocycles. The number of hydrogen-bond donors (Lipinski definition) is 1. The minimum atomic E-state index is -0.290. The van der Waals surface area contributed by atoms with Gasteiger partial charge in [-0.2, -0.15) is 0 Å². The Bertz CT molecular complexity index is 1290. The van der Waals surface area contributed by atoms with Crippen molar-refractivity contribution in [2.24, 2.45) is 0 Å². The van der Waals surface area contributed by atoms with Crippen molar-refractivity contribution in [2.75, 3.05) is 13.1 Å². The quantitative estimate of drug-likeness (QED) is 0.524. The van der Waals surface area contributed by atoms with Gasteiger partial charge in [-0.1, -0.05) is 48.9 Å². The largest absolute Gasteiger partial charge is 0.321 e. The second-order valence-electron chi connectivity index (χ2n) is 8.72. The number of hydrogen-bond acceptors (Lipinski definition) is 5. The smallest absolute Gasteiger partial charge is 0.253 e. The molecule has 32 heavy (non-hydrogen) atoms. The zero-order chi connectivity index (χ0) is 22.1. The number of piperidine rings is 1. The first-order valence-electron chi connectivity index (χ1n) is 11.3. The lowest BCUT2D eigenvalue weighted by molar-refractivity contribution is 0.177. The first-order chi connectivity index (χ1) is 15.6. The van der Waals surface area contributed by atoms with Crippen LogP contribution < -0.4 is 5.56 Å². The number of fused-ring (bicyclic) bond motifs is 1. The minimum Gasteiger partial charge on any atom is -0.321 e. The maximum atomic E-state index is 13.4. The zero-order valence-electron chi connectivity index (χ0n) is 18.6. The summed E-state index contributed by atoms with van der Waals surface area (Å²) in [4.78, 5) is 18.9. The van der Waals surface area contributed by atoms with Crippen molar-refractivity contribution in [3.05, 3.63) is 87.0 Å². The fraction of sp³-hybridized carbons (Fsp3) is 0.360. The van der Waals surface area contributed by atoms with Crippen molar-refractivity contribution >= 4 is 10.9 Å². The molecule has 4 aromatic rings. The Kier molecular flexibility index (Phi) is 5.57. The number of aromatic nitrogens is 5. The van der Waals surface area contributed by atoms with Gasteiger partial charge in [0.2, 0.25) is 0 Å². The summed E-state index contributed by atoms with van der Waals surface area (Å²) in [6.07, 6.45) is 3.44. The maximum absolute atomic E-state index is 13.4. The summed E-state index contributed by atoms with van der Waals surface area (Å²) in [5, 5.41) is 13.8. The topological polar surface area (TPSA) is 79.7 Å². The van der Waals surface area contributed by atoms with E-state index in [9.17, 15) is 4.79 Å². The highest BCUT2D eigenvalue weighted by molar-refractivity contribution is 5.85. The number of aromatic amines is 1. The average molecular weight is 429 g/mol. The first kappa shape index (κ1) is 20.6. The molecule has 5 rings (SSSR count). The minimum absolute atomic E-state index is 0.0731. The summed E-state index contributed by atoms with van der Waals surface area (Å²) in [6, 6.07) is 16.1. The van der Waals surface area contributed by atoms with Gasteiger partial charge in [0.15, 0.2) is 5.82 Å². The molecule has 1 fully saturated rings. The molecule has 1 saturated heterocycles. The van der Waals surface area contributed by atoms with E-state index in [1.54, 1.807) is 0 Å². The summed E-state index contributed by atoms with van der Waals surface area (Å²) in [5.41, 5.74) is 4.87. The molecule has 0 amide bonds. The predicted molar refractivity (Wildman–Crippen MR) is 125 cm³/mol. The van der Waals surface area contributed by atoms with Gasteiger partial charge in [0.25, 0.3) is 5.56 Å². The summed E-state index contributed by atoms with van der Waals surface area (Å²) < 4.78 is 1.83. The Labute approximate surface area is 187 Å². The third-order valence-corrected chi connectivity index (χ3v) is 6.50. The van der Waals surface area contributed by atoms with Crippen LogP contribution in [0.1, 0.15) is 53.4 Å². The molecule has 0 radical (unpaired) electrons. The molecule has 7 nitrogen and oxygen atoms in total. The predicted octanol–water partition coefficient (Wildman–Crippen LogP) is 3.76. The normalized spacial score (nSPS) is 15.8. The van der Waals surface area contributed by atoms with Gasteiger partial charge in [0.05, 0.1) is 12.1 Å². The number of nitrogens with one attached hydrogen (secondary N) is 1. The van der Waals surface area contributed by atoms with E-state index in [1.807, 2.05) is 29.8 Å². The highest BCUT2D eigenvalue weighted by Crippen LogP contribution is 2.30. The molecule has 7 heteroatoms. The van der Waals surface area contributed by atoms with Crippen LogP contribution in [-0.4, -0.2) is 43.2 Å². The van der Waals surface area contributed by atoms with Crippen LogP contribution in [0.2, 0.25) is 0 Å². The number of pyridine rings is 1. The molecular formula is C25H28N6O. The van der Waals surface area contributed by atoms with Crippen LogP contribution >= 0.6 is 0 Å². The average Bonchev–Trinajstić information content (AvgIpc) is 3.26. The molecule has 1 aliphatic heterocycles. The Balaban J connectivity index is 1.65. The highest BCUT2D eigenvalue weighted by Gasteiger charge is 2.31. The summed E-state index contributed by atoms with van der Waals surface area (Å²) in [7, 11) is 0. The number of H-pyrrole nitrogens is 1.